The van der Waals surface area contributed by atoms with Crippen molar-refractivity contribution >= 4 is 33.2 Å². The van der Waals surface area contributed by atoms with Crippen LogP contribution >= 0.6 is 11.6 Å². The van der Waals surface area contributed by atoms with E-state index in [2.05, 4.69) is 10.0 Å². The molecule has 2 aromatic rings. The minimum absolute atomic E-state index is 0.0857. The summed E-state index contributed by atoms with van der Waals surface area (Å²) in [5.41, 5.74) is -0.0949. The van der Waals surface area contributed by atoms with Gasteiger partial charge in [0.05, 0.1) is 11.3 Å². The Hall–Kier alpha value is -1.96. The van der Waals surface area contributed by atoms with Crippen LogP contribution in [0.15, 0.2) is 47.4 Å². The largest absolute Gasteiger partial charge is 0.326 e. The van der Waals surface area contributed by atoms with E-state index < -0.39 is 27.3 Å². The molecular formula is C18H20ClFN2O3S. The first-order valence-corrected chi connectivity index (χ1v) is 9.71. The van der Waals surface area contributed by atoms with E-state index in [0.29, 0.717) is 5.69 Å². The normalized spacial score (nSPS) is 12.0. The highest BCUT2D eigenvalue weighted by atomic mass is 35.5. The number of nitrogens with one attached hydrogen (secondary N) is 2. The van der Waals surface area contributed by atoms with Gasteiger partial charge in [-0.2, -0.15) is 0 Å². The fourth-order valence-corrected chi connectivity index (χ4v) is 3.89. The number of carbonyl (C=O) groups excluding carboxylic acids is 1. The smallest absolute Gasteiger partial charge is 0.241 e. The lowest BCUT2D eigenvalue weighted by Crippen LogP contribution is -2.40. The molecule has 2 aromatic carbocycles. The van der Waals surface area contributed by atoms with E-state index >= 15 is 0 Å². The summed E-state index contributed by atoms with van der Waals surface area (Å²) in [5, 5.41) is 2.77. The molecule has 0 aliphatic heterocycles. The highest BCUT2D eigenvalue weighted by Crippen LogP contribution is 2.21. The van der Waals surface area contributed by atoms with Gasteiger partial charge in [-0.15, -0.1) is 0 Å². The average molecular weight is 399 g/mol. The number of sulfonamides is 1. The molecule has 0 saturated carbocycles. The van der Waals surface area contributed by atoms with E-state index in [1.807, 2.05) is 0 Å². The molecule has 0 bridgehead atoms. The molecule has 140 valence electrons. The Morgan fingerprint density at radius 1 is 1.12 bits per heavy atom. The molecule has 0 aliphatic rings. The molecule has 0 fully saturated rings. The topological polar surface area (TPSA) is 75.3 Å². The van der Waals surface area contributed by atoms with Crippen molar-refractivity contribution < 1.29 is 17.6 Å². The van der Waals surface area contributed by atoms with Gasteiger partial charge >= 0.3 is 0 Å². The minimum Gasteiger partial charge on any atom is -0.326 e. The third kappa shape index (κ3) is 5.52. The number of amides is 1. The molecule has 0 aliphatic carbocycles. The molecule has 0 radical (unpaired) electrons. The van der Waals surface area contributed by atoms with Crippen LogP contribution in [0.3, 0.4) is 0 Å². The van der Waals surface area contributed by atoms with Crippen LogP contribution in [0.5, 0.6) is 0 Å². The third-order valence-electron chi connectivity index (χ3n) is 3.29. The van der Waals surface area contributed by atoms with Crippen LogP contribution in [-0.2, 0) is 21.2 Å². The van der Waals surface area contributed by atoms with Crippen molar-refractivity contribution in [3.05, 3.63) is 58.9 Å². The van der Waals surface area contributed by atoms with Crippen molar-refractivity contribution in [2.75, 3.05) is 5.32 Å². The molecule has 1 amide bonds. The van der Waals surface area contributed by atoms with Crippen LogP contribution in [0.4, 0.5) is 10.1 Å². The third-order valence-corrected chi connectivity index (χ3v) is 5.42. The van der Waals surface area contributed by atoms with Gasteiger partial charge in [-0.1, -0.05) is 17.7 Å². The first kappa shape index (κ1) is 20.4. The first-order valence-electron chi connectivity index (χ1n) is 7.85. The summed E-state index contributed by atoms with van der Waals surface area (Å²) in [6, 6.07) is 9.92. The van der Waals surface area contributed by atoms with Gasteiger partial charge in [0.25, 0.3) is 0 Å². The number of anilines is 1. The lowest BCUT2D eigenvalue weighted by molar-refractivity contribution is -0.115. The van der Waals surface area contributed by atoms with E-state index in [1.54, 1.807) is 20.8 Å². The number of hydrogen-bond acceptors (Lipinski definition) is 3. The van der Waals surface area contributed by atoms with Crippen LogP contribution in [-0.4, -0.2) is 19.9 Å². The zero-order valence-electron chi connectivity index (χ0n) is 14.6. The van der Waals surface area contributed by atoms with Crippen LogP contribution in [0.25, 0.3) is 0 Å². The molecule has 8 heteroatoms. The molecule has 0 aromatic heterocycles. The standard InChI is InChI=1S/C18H20ClFN2O3S/c1-18(2,3)22-26(24,25)13-9-7-12(8-10-13)21-17(23)11-14-15(19)5-4-6-16(14)20/h4-10,22H,11H2,1-3H3,(H,21,23). The number of hydrogen-bond donors (Lipinski definition) is 2. The summed E-state index contributed by atoms with van der Waals surface area (Å²) in [5.74, 6) is -1.01. The van der Waals surface area contributed by atoms with Crippen LogP contribution < -0.4 is 10.0 Å². The molecule has 5 nitrogen and oxygen atoms in total. The van der Waals surface area contributed by atoms with Crippen molar-refractivity contribution in [3.63, 3.8) is 0 Å². The molecular weight excluding hydrogens is 379 g/mol. The lowest BCUT2D eigenvalue weighted by Gasteiger charge is -2.20. The van der Waals surface area contributed by atoms with E-state index in [4.69, 9.17) is 11.6 Å². The maximum absolute atomic E-state index is 13.7. The molecule has 0 saturated heterocycles. The van der Waals surface area contributed by atoms with Gasteiger partial charge in [-0.3, -0.25) is 4.79 Å². The molecule has 2 rings (SSSR count). The van der Waals surface area contributed by atoms with E-state index in [-0.39, 0.29) is 21.9 Å². The lowest BCUT2D eigenvalue weighted by atomic mass is 10.1. The summed E-state index contributed by atoms with van der Waals surface area (Å²) in [4.78, 5) is 12.2. The Kier molecular flexibility index (Phi) is 6.05. The van der Waals surface area contributed by atoms with Crippen molar-refractivity contribution in [1.29, 1.82) is 0 Å². The number of benzene rings is 2. The molecule has 0 unspecified atom stereocenters. The molecule has 0 heterocycles. The van der Waals surface area contributed by atoms with Crippen molar-refractivity contribution in [1.82, 2.24) is 4.72 Å². The molecule has 2 N–H and O–H groups in total. The molecule has 0 atom stereocenters. The van der Waals surface area contributed by atoms with Crippen molar-refractivity contribution in [2.45, 2.75) is 37.6 Å². The molecule has 26 heavy (non-hydrogen) atoms. The maximum atomic E-state index is 13.7. The van der Waals surface area contributed by atoms with Crippen LogP contribution in [0.2, 0.25) is 5.02 Å². The fourth-order valence-electron chi connectivity index (χ4n) is 2.25. The van der Waals surface area contributed by atoms with Gasteiger partial charge in [0.1, 0.15) is 5.82 Å². The Labute approximate surface area is 157 Å². The average Bonchev–Trinajstić information content (AvgIpc) is 2.49. The zero-order chi connectivity index (χ0) is 19.5. The summed E-state index contributed by atoms with van der Waals surface area (Å²) in [7, 11) is -3.65. The zero-order valence-corrected chi connectivity index (χ0v) is 16.2. The monoisotopic (exact) mass is 398 g/mol. The summed E-state index contributed by atoms with van der Waals surface area (Å²) < 4.78 is 40.8. The quantitative estimate of drug-likeness (QED) is 0.805. The van der Waals surface area contributed by atoms with Gasteiger partial charge < -0.3 is 5.32 Å². The van der Waals surface area contributed by atoms with Gasteiger partial charge in [0.2, 0.25) is 15.9 Å². The summed E-state index contributed by atoms with van der Waals surface area (Å²) >= 11 is 5.91. The van der Waals surface area contributed by atoms with Crippen molar-refractivity contribution in [2.24, 2.45) is 0 Å². The Balaban J connectivity index is 2.08. The second-order valence-corrected chi connectivity index (χ2v) is 8.89. The Morgan fingerprint density at radius 2 is 1.73 bits per heavy atom. The second kappa shape index (κ2) is 7.73. The van der Waals surface area contributed by atoms with E-state index in [0.717, 1.165) is 0 Å². The maximum Gasteiger partial charge on any atom is 0.241 e. The predicted molar refractivity (Wildman–Crippen MR) is 100 cm³/mol. The van der Waals surface area contributed by atoms with Crippen LogP contribution in [0, 0.1) is 5.82 Å². The summed E-state index contributed by atoms with van der Waals surface area (Å²) in [6.45, 7) is 5.23. The fraction of sp³-hybridized carbons (Fsp3) is 0.278. The van der Waals surface area contributed by atoms with Crippen LogP contribution in [0.1, 0.15) is 26.3 Å². The van der Waals surface area contributed by atoms with Gasteiger partial charge in [-0.25, -0.2) is 17.5 Å². The van der Waals surface area contributed by atoms with Crippen molar-refractivity contribution in [3.8, 4) is 0 Å². The number of carbonyl (C=O) groups is 1. The van der Waals surface area contributed by atoms with Gasteiger partial charge in [0.15, 0.2) is 0 Å². The summed E-state index contributed by atoms with van der Waals surface area (Å²) in [6.07, 6.45) is -0.225. The van der Waals surface area contributed by atoms with E-state index in [9.17, 15) is 17.6 Å². The van der Waals surface area contributed by atoms with Gasteiger partial charge in [0, 0.05) is 21.8 Å². The minimum atomic E-state index is -3.65. The molecule has 0 spiro atoms. The number of rotatable bonds is 5. The highest BCUT2D eigenvalue weighted by Gasteiger charge is 2.21. The van der Waals surface area contributed by atoms with E-state index in [1.165, 1.54) is 42.5 Å². The Bertz CT molecular complexity index is 887. The Morgan fingerprint density at radius 3 is 2.27 bits per heavy atom. The second-order valence-electron chi connectivity index (χ2n) is 6.81. The predicted octanol–water partition coefficient (Wildman–Crippen LogP) is 3.74. The highest BCUT2D eigenvalue weighted by molar-refractivity contribution is 7.89. The SMILES string of the molecule is CC(C)(C)NS(=O)(=O)c1ccc(NC(=O)Cc2c(F)cccc2Cl)cc1. The van der Waals surface area contributed by atoms with Gasteiger partial charge in [-0.05, 0) is 57.2 Å². The first-order chi connectivity index (χ1) is 12.0. The number of halogens is 2.